The van der Waals surface area contributed by atoms with Gasteiger partial charge in [-0.15, -0.1) is 5.10 Å². The van der Waals surface area contributed by atoms with Crippen molar-refractivity contribution in [2.75, 3.05) is 13.6 Å². The SMILES string of the molecule is CN1CCC(n2cc(-c3cnc(C4CCCCC4)nc3)nn2)C1=O. The molecular formula is C17H22N6O. The molecule has 0 bridgehead atoms. The van der Waals surface area contributed by atoms with E-state index in [4.69, 9.17) is 0 Å². The van der Waals surface area contributed by atoms with Crippen molar-refractivity contribution < 1.29 is 4.79 Å². The Morgan fingerprint density at radius 1 is 1.08 bits per heavy atom. The first-order valence-electron chi connectivity index (χ1n) is 8.71. The van der Waals surface area contributed by atoms with E-state index >= 15 is 0 Å². The van der Waals surface area contributed by atoms with Gasteiger partial charge in [-0.3, -0.25) is 4.79 Å². The lowest BCUT2D eigenvalue weighted by Crippen LogP contribution is -2.24. The van der Waals surface area contributed by atoms with Gasteiger partial charge in [0.15, 0.2) is 0 Å². The van der Waals surface area contributed by atoms with Crippen LogP contribution in [0.3, 0.4) is 0 Å². The zero-order valence-corrected chi connectivity index (χ0v) is 13.9. The van der Waals surface area contributed by atoms with Crippen LogP contribution < -0.4 is 0 Å². The van der Waals surface area contributed by atoms with Crippen molar-refractivity contribution in [2.45, 2.75) is 50.5 Å². The molecule has 2 aromatic rings. The fraction of sp³-hybridized carbons (Fsp3) is 0.588. The van der Waals surface area contributed by atoms with Crippen LogP contribution in [-0.4, -0.2) is 49.4 Å². The Hall–Kier alpha value is -2.31. The van der Waals surface area contributed by atoms with E-state index < -0.39 is 0 Å². The van der Waals surface area contributed by atoms with Crippen LogP contribution in [0, 0.1) is 0 Å². The maximum Gasteiger partial charge on any atom is 0.247 e. The molecule has 126 valence electrons. The average molecular weight is 326 g/mol. The van der Waals surface area contributed by atoms with Crippen LogP contribution in [-0.2, 0) is 4.79 Å². The smallest absolute Gasteiger partial charge is 0.247 e. The van der Waals surface area contributed by atoms with Crippen molar-refractivity contribution in [1.82, 2.24) is 29.9 Å². The van der Waals surface area contributed by atoms with Crippen molar-refractivity contribution in [3.63, 3.8) is 0 Å². The van der Waals surface area contributed by atoms with Crippen molar-refractivity contribution in [1.29, 1.82) is 0 Å². The van der Waals surface area contributed by atoms with Gasteiger partial charge in [-0.2, -0.15) is 0 Å². The van der Waals surface area contributed by atoms with Gasteiger partial charge >= 0.3 is 0 Å². The van der Waals surface area contributed by atoms with E-state index in [9.17, 15) is 4.79 Å². The molecule has 1 saturated carbocycles. The average Bonchev–Trinajstić information content (AvgIpc) is 3.24. The summed E-state index contributed by atoms with van der Waals surface area (Å²) >= 11 is 0. The summed E-state index contributed by atoms with van der Waals surface area (Å²) in [4.78, 5) is 22.9. The van der Waals surface area contributed by atoms with E-state index in [1.165, 1.54) is 32.1 Å². The topological polar surface area (TPSA) is 76.8 Å². The summed E-state index contributed by atoms with van der Waals surface area (Å²) in [7, 11) is 1.82. The molecule has 0 N–H and O–H groups in total. The molecule has 7 heteroatoms. The van der Waals surface area contributed by atoms with Crippen LogP contribution in [0.4, 0.5) is 0 Å². The van der Waals surface area contributed by atoms with Gasteiger partial charge in [0.05, 0.1) is 6.20 Å². The Morgan fingerprint density at radius 3 is 2.50 bits per heavy atom. The maximum atomic E-state index is 12.1. The van der Waals surface area contributed by atoms with Gasteiger partial charge in [-0.05, 0) is 19.3 Å². The number of hydrogen-bond donors (Lipinski definition) is 0. The highest BCUT2D eigenvalue weighted by Gasteiger charge is 2.31. The molecular weight excluding hydrogens is 304 g/mol. The minimum absolute atomic E-state index is 0.0929. The summed E-state index contributed by atoms with van der Waals surface area (Å²) in [6, 6.07) is -0.237. The summed E-state index contributed by atoms with van der Waals surface area (Å²) in [6.45, 7) is 0.762. The predicted molar refractivity (Wildman–Crippen MR) is 88.2 cm³/mol. The molecule has 0 aromatic carbocycles. The largest absolute Gasteiger partial charge is 0.344 e. The second-order valence-electron chi connectivity index (χ2n) is 6.81. The van der Waals surface area contributed by atoms with Gasteiger partial charge in [0.1, 0.15) is 17.6 Å². The summed E-state index contributed by atoms with van der Waals surface area (Å²) in [5.41, 5.74) is 1.56. The number of carbonyl (C=O) groups is 1. The molecule has 1 saturated heterocycles. The standard InChI is InChI=1S/C17H22N6O/c1-22-8-7-15(17(22)24)23-11-14(20-21-23)13-9-18-16(19-10-13)12-5-3-2-4-6-12/h9-12,15H,2-8H2,1H3. The Bertz CT molecular complexity index is 719. The molecule has 7 nitrogen and oxygen atoms in total. The molecule has 1 aliphatic heterocycles. The zero-order chi connectivity index (χ0) is 16.5. The second kappa shape index (κ2) is 6.30. The highest BCUT2D eigenvalue weighted by atomic mass is 16.2. The first-order valence-corrected chi connectivity index (χ1v) is 8.71. The normalized spacial score (nSPS) is 22.3. The number of likely N-dealkylation sites (N-methyl/N-ethyl adjacent to an activating group) is 1. The summed E-state index contributed by atoms with van der Waals surface area (Å²) in [5, 5.41) is 8.33. The third kappa shape index (κ3) is 2.79. The van der Waals surface area contributed by atoms with Gasteiger partial charge in [0, 0.05) is 37.5 Å². The van der Waals surface area contributed by atoms with E-state index in [0.717, 1.165) is 24.4 Å². The van der Waals surface area contributed by atoms with E-state index in [1.807, 2.05) is 25.6 Å². The Labute approximate surface area is 141 Å². The molecule has 1 unspecified atom stereocenters. The molecule has 24 heavy (non-hydrogen) atoms. The van der Waals surface area contributed by atoms with Crippen molar-refractivity contribution in [2.24, 2.45) is 0 Å². The molecule has 1 atom stereocenters. The third-order valence-corrected chi connectivity index (χ3v) is 5.17. The molecule has 2 aromatic heterocycles. The van der Waals surface area contributed by atoms with Crippen LogP contribution in [0.15, 0.2) is 18.6 Å². The van der Waals surface area contributed by atoms with Crippen LogP contribution in [0.1, 0.15) is 56.3 Å². The lowest BCUT2D eigenvalue weighted by molar-refractivity contribution is -0.129. The first kappa shape index (κ1) is 15.2. The van der Waals surface area contributed by atoms with Gasteiger partial charge < -0.3 is 4.90 Å². The number of likely N-dealkylation sites (tertiary alicyclic amines) is 1. The Balaban J connectivity index is 1.51. The van der Waals surface area contributed by atoms with Crippen molar-refractivity contribution >= 4 is 5.91 Å². The van der Waals surface area contributed by atoms with E-state index in [1.54, 1.807) is 9.58 Å². The van der Waals surface area contributed by atoms with Crippen molar-refractivity contribution in [3.8, 4) is 11.3 Å². The fourth-order valence-corrected chi connectivity index (χ4v) is 3.65. The molecule has 0 spiro atoms. The predicted octanol–water partition coefficient (Wildman–Crippen LogP) is 2.19. The highest BCUT2D eigenvalue weighted by molar-refractivity contribution is 5.82. The lowest BCUT2D eigenvalue weighted by atomic mass is 9.89. The van der Waals surface area contributed by atoms with Gasteiger partial charge in [0.25, 0.3) is 0 Å². The van der Waals surface area contributed by atoms with Crippen LogP contribution >= 0.6 is 0 Å². The number of amides is 1. The molecule has 2 aliphatic rings. The zero-order valence-electron chi connectivity index (χ0n) is 13.9. The van der Waals surface area contributed by atoms with Crippen LogP contribution in [0.2, 0.25) is 0 Å². The molecule has 0 radical (unpaired) electrons. The second-order valence-corrected chi connectivity index (χ2v) is 6.81. The van der Waals surface area contributed by atoms with E-state index in [2.05, 4.69) is 20.3 Å². The molecule has 1 amide bonds. The third-order valence-electron chi connectivity index (χ3n) is 5.17. The van der Waals surface area contributed by atoms with Crippen LogP contribution in [0.5, 0.6) is 0 Å². The van der Waals surface area contributed by atoms with Crippen LogP contribution in [0.25, 0.3) is 11.3 Å². The number of rotatable bonds is 3. The number of carbonyl (C=O) groups excluding carboxylic acids is 1. The number of hydrogen-bond acceptors (Lipinski definition) is 5. The summed E-state index contributed by atoms with van der Waals surface area (Å²) in [6.07, 6.45) is 12.5. The fourth-order valence-electron chi connectivity index (χ4n) is 3.65. The lowest BCUT2D eigenvalue weighted by Gasteiger charge is -2.19. The Morgan fingerprint density at radius 2 is 1.83 bits per heavy atom. The molecule has 2 fully saturated rings. The monoisotopic (exact) mass is 326 g/mol. The summed E-state index contributed by atoms with van der Waals surface area (Å²) in [5.74, 6) is 1.53. The minimum Gasteiger partial charge on any atom is -0.344 e. The maximum absolute atomic E-state index is 12.1. The van der Waals surface area contributed by atoms with Crippen molar-refractivity contribution in [3.05, 3.63) is 24.4 Å². The van der Waals surface area contributed by atoms with E-state index in [0.29, 0.717) is 11.6 Å². The number of aromatic nitrogens is 5. The molecule has 3 heterocycles. The van der Waals surface area contributed by atoms with Gasteiger partial charge in [0.2, 0.25) is 5.91 Å². The van der Waals surface area contributed by atoms with Gasteiger partial charge in [-0.25, -0.2) is 14.6 Å². The Kier molecular flexibility index (Phi) is 4.00. The quantitative estimate of drug-likeness (QED) is 0.864. The number of nitrogens with zero attached hydrogens (tertiary/aromatic N) is 6. The first-order chi connectivity index (χ1) is 11.7. The highest BCUT2D eigenvalue weighted by Crippen LogP contribution is 2.31. The minimum atomic E-state index is -0.237. The van der Waals surface area contributed by atoms with E-state index in [-0.39, 0.29) is 11.9 Å². The molecule has 4 rings (SSSR count). The van der Waals surface area contributed by atoms with Gasteiger partial charge in [-0.1, -0.05) is 24.5 Å². The molecule has 1 aliphatic carbocycles. The summed E-state index contributed by atoms with van der Waals surface area (Å²) < 4.78 is 1.66.